The molecule has 0 bridgehead atoms. The van der Waals surface area contributed by atoms with Gasteiger partial charge >= 0.3 is 0 Å². The van der Waals surface area contributed by atoms with Crippen molar-refractivity contribution in [1.29, 1.82) is 0 Å². The van der Waals surface area contributed by atoms with Gasteiger partial charge in [-0.05, 0) is 63.3 Å². The summed E-state index contributed by atoms with van der Waals surface area (Å²) in [6.07, 6.45) is 0. The molecule has 6 nitrogen and oxygen atoms in total. The molecule has 1 fully saturated rings. The second kappa shape index (κ2) is 9.18. The first-order chi connectivity index (χ1) is 15.4. The van der Waals surface area contributed by atoms with E-state index in [1.165, 1.54) is 16.2 Å². The summed E-state index contributed by atoms with van der Waals surface area (Å²) in [6, 6.07) is 15.4. The van der Waals surface area contributed by atoms with Crippen LogP contribution in [0.25, 0.3) is 5.76 Å². The van der Waals surface area contributed by atoms with E-state index in [1.807, 2.05) is 41.8 Å². The molecule has 0 aliphatic carbocycles. The number of amides is 1. The summed E-state index contributed by atoms with van der Waals surface area (Å²) in [7, 11) is 3.12. The quantitative estimate of drug-likeness (QED) is 0.280. The van der Waals surface area contributed by atoms with E-state index in [2.05, 4.69) is 15.9 Å². The Morgan fingerprint density at radius 1 is 1.09 bits per heavy atom. The van der Waals surface area contributed by atoms with Crippen molar-refractivity contribution in [1.82, 2.24) is 4.90 Å². The molecule has 0 saturated carbocycles. The predicted molar refractivity (Wildman–Crippen MR) is 126 cm³/mol. The van der Waals surface area contributed by atoms with Crippen LogP contribution in [0.1, 0.15) is 22.0 Å². The fourth-order valence-corrected chi connectivity index (χ4v) is 5.11. The molecule has 1 N–H and O–H groups in total. The number of carbonyl (C=O) groups is 2. The number of nitrogens with zero attached hydrogens (tertiary/aromatic N) is 1. The van der Waals surface area contributed by atoms with Crippen molar-refractivity contribution >= 4 is 44.7 Å². The van der Waals surface area contributed by atoms with E-state index in [-0.39, 0.29) is 17.9 Å². The molecule has 1 aliphatic rings. The van der Waals surface area contributed by atoms with Crippen LogP contribution in [0.2, 0.25) is 0 Å². The number of methoxy groups -OCH3 is 2. The van der Waals surface area contributed by atoms with Gasteiger partial charge in [0.1, 0.15) is 17.3 Å². The number of aliphatic hydroxyl groups excluding tert-OH is 1. The lowest BCUT2D eigenvalue weighted by Gasteiger charge is -2.24. The van der Waals surface area contributed by atoms with E-state index in [4.69, 9.17) is 9.47 Å². The largest absolute Gasteiger partial charge is 0.507 e. The molecule has 1 amide bonds. The standard InChI is InChI=1S/C24H20BrNO5S/c1-30-16-6-3-5-14(11-16)13-26-21(19-7-4-10-32-19)20(23(28)24(26)29)22(27)15-8-9-18(31-2)17(25)12-15/h3-12,21,27H,13H2,1-2H3/b22-20-. The van der Waals surface area contributed by atoms with Gasteiger partial charge in [0, 0.05) is 17.0 Å². The molecule has 32 heavy (non-hydrogen) atoms. The van der Waals surface area contributed by atoms with Gasteiger partial charge in [0.25, 0.3) is 11.7 Å². The highest BCUT2D eigenvalue weighted by Gasteiger charge is 2.46. The van der Waals surface area contributed by atoms with Gasteiger partial charge in [0.2, 0.25) is 0 Å². The molecule has 1 unspecified atom stereocenters. The van der Waals surface area contributed by atoms with Crippen LogP contribution < -0.4 is 9.47 Å². The third-order valence-corrected chi connectivity index (χ3v) is 6.81. The number of ketones is 1. The predicted octanol–water partition coefficient (Wildman–Crippen LogP) is 5.15. The van der Waals surface area contributed by atoms with Gasteiger partial charge in [0.15, 0.2) is 0 Å². The average molecular weight is 514 g/mol. The van der Waals surface area contributed by atoms with E-state index >= 15 is 0 Å². The van der Waals surface area contributed by atoms with Gasteiger partial charge in [-0.1, -0.05) is 18.2 Å². The Kier molecular flexibility index (Phi) is 6.34. The number of rotatable bonds is 6. The van der Waals surface area contributed by atoms with Crippen LogP contribution in [0.15, 0.2) is 70.0 Å². The number of ether oxygens (including phenoxy) is 2. The fourth-order valence-electron chi connectivity index (χ4n) is 3.72. The summed E-state index contributed by atoms with van der Waals surface area (Å²) >= 11 is 4.83. The van der Waals surface area contributed by atoms with E-state index in [1.54, 1.807) is 32.4 Å². The van der Waals surface area contributed by atoms with Crippen LogP contribution in [0.5, 0.6) is 11.5 Å². The number of halogens is 1. The molecule has 8 heteroatoms. The highest BCUT2D eigenvalue weighted by molar-refractivity contribution is 9.10. The summed E-state index contributed by atoms with van der Waals surface area (Å²) in [5.74, 6) is -0.334. The van der Waals surface area contributed by atoms with Crippen molar-refractivity contribution < 1.29 is 24.2 Å². The molecule has 2 heterocycles. The summed E-state index contributed by atoms with van der Waals surface area (Å²) in [5.41, 5.74) is 1.30. The number of hydrogen-bond donors (Lipinski definition) is 1. The van der Waals surface area contributed by atoms with Crippen molar-refractivity contribution in [2.75, 3.05) is 14.2 Å². The minimum absolute atomic E-state index is 0.0670. The maximum absolute atomic E-state index is 13.1. The molecule has 1 aromatic heterocycles. The fraction of sp³-hybridized carbons (Fsp3) is 0.167. The number of Topliss-reactive ketones (excluding diaryl/α,β-unsaturated/α-hetero) is 1. The zero-order valence-electron chi connectivity index (χ0n) is 17.4. The van der Waals surface area contributed by atoms with Gasteiger partial charge < -0.3 is 19.5 Å². The minimum Gasteiger partial charge on any atom is -0.507 e. The summed E-state index contributed by atoms with van der Waals surface area (Å²) in [6.45, 7) is 0.202. The highest BCUT2D eigenvalue weighted by Crippen LogP contribution is 2.42. The normalized spacial score (nSPS) is 17.6. The van der Waals surface area contributed by atoms with Crippen LogP contribution in [-0.2, 0) is 16.1 Å². The molecule has 1 saturated heterocycles. The molecule has 3 aromatic rings. The van der Waals surface area contributed by atoms with Gasteiger partial charge in [-0.25, -0.2) is 0 Å². The first-order valence-corrected chi connectivity index (χ1v) is 11.4. The van der Waals surface area contributed by atoms with Crippen molar-refractivity contribution in [2.45, 2.75) is 12.6 Å². The molecule has 0 spiro atoms. The van der Waals surface area contributed by atoms with E-state index in [0.717, 1.165) is 10.4 Å². The number of hydrogen-bond acceptors (Lipinski definition) is 6. The van der Waals surface area contributed by atoms with Crippen LogP contribution in [0.3, 0.4) is 0 Å². The Morgan fingerprint density at radius 3 is 2.56 bits per heavy atom. The lowest BCUT2D eigenvalue weighted by Crippen LogP contribution is -2.28. The molecule has 0 radical (unpaired) electrons. The first kappa shape index (κ1) is 22.1. The van der Waals surface area contributed by atoms with Crippen LogP contribution in [0.4, 0.5) is 0 Å². The van der Waals surface area contributed by atoms with Crippen LogP contribution >= 0.6 is 27.3 Å². The average Bonchev–Trinajstić information content (AvgIpc) is 3.41. The highest BCUT2D eigenvalue weighted by atomic mass is 79.9. The Balaban J connectivity index is 1.81. The van der Waals surface area contributed by atoms with Crippen molar-refractivity contribution in [2.24, 2.45) is 0 Å². The Hall–Kier alpha value is -3.10. The third kappa shape index (κ3) is 4.03. The van der Waals surface area contributed by atoms with Crippen molar-refractivity contribution in [3.05, 3.63) is 86.0 Å². The lowest BCUT2D eigenvalue weighted by atomic mass is 9.99. The van der Waals surface area contributed by atoms with E-state index in [9.17, 15) is 14.7 Å². The maximum atomic E-state index is 13.1. The Labute approximate surface area is 197 Å². The number of aliphatic hydroxyl groups is 1. The molecular weight excluding hydrogens is 494 g/mol. The molecule has 4 rings (SSSR count). The van der Waals surface area contributed by atoms with Crippen LogP contribution in [0, 0.1) is 0 Å². The molecule has 1 atom stereocenters. The Morgan fingerprint density at radius 2 is 1.91 bits per heavy atom. The van der Waals surface area contributed by atoms with Gasteiger partial charge in [0.05, 0.1) is 30.3 Å². The summed E-state index contributed by atoms with van der Waals surface area (Å²) in [5, 5.41) is 13.0. The monoisotopic (exact) mass is 513 g/mol. The number of benzene rings is 2. The molecule has 1 aliphatic heterocycles. The molecular formula is C24H20BrNO5S. The SMILES string of the molecule is COc1cccc(CN2C(=O)C(=O)/C(=C(\O)c3ccc(OC)c(Br)c3)C2c2cccs2)c1. The van der Waals surface area contributed by atoms with Crippen molar-refractivity contribution in [3.63, 3.8) is 0 Å². The van der Waals surface area contributed by atoms with Gasteiger partial charge in [-0.15, -0.1) is 11.3 Å². The maximum Gasteiger partial charge on any atom is 0.295 e. The summed E-state index contributed by atoms with van der Waals surface area (Å²) in [4.78, 5) is 28.4. The Bertz CT molecular complexity index is 1200. The summed E-state index contributed by atoms with van der Waals surface area (Å²) < 4.78 is 11.2. The van der Waals surface area contributed by atoms with Crippen molar-refractivity contribution in [3.8, 4) is 11.5 Å². The van der Waals surface area contributed by atoms with Gasteiger partial charge in [-0.3, -0.25) is 9.59 Å². The first-order valence-electron chi connectivity index (χ1n) is 9.73. The molecule has 164 valence electrons. The van der Waals surface area contributed by atoms with Gasteiger partial charge in [-0.2, -0.15) is 0 Å². The smallest absolute Gasteiger partial charge is 0.295 e. The number of thiophene rings is 1. The third-order valence-electron chi connectivity index (χ3n) is 5.26. The molecule has 2 aromatic carbocycles. The number of likely N-dealkylation sites (tertiary alicyclic amines) is 1. The second-order valence-corrected chi connectivity index (χ2v) is 8.98. The zero-order valence-corrected chi connectivity index (χ0v) is 19.8. The minimum atomic E-state index is -0.712. The topological polar surface area (TPSA) is 76.1 Å². The lowest BCUT2D eigenvalue weighted by molar-refractivity contribution is -0.140. The van der Waals surface area contributed by atoms with E-state index in [0.29, 0.717) is 21.5 Å². The second-order valence-electron chi connectivity index (χ2n) is 7.14. The van der Waals surface area contributed by atoms with E-state index < -0.39 is 17.7 Å². The number of carbonyl (C=O) groups excluding carboxylic acids is 2. The van der Waals surface area contributed by atoms with Crippen LogP contribution in [-0.4, -0.2) is 35.9 Å². The zero-order chi connectivity index (χ0) is 22.8.